The van der Waals surface area contributed by atoms with Crippen LogP contribution in [0.1, 0.15) is 29.4 Å². The fraction of sp³-hybridized carbons (Fsp3) is 0.296. The Bertz CT molecular complexity index is 1430. The zero-order valence-electron chi connectivity index (χ0n) is 22.1. The van der Waals surface area contributed by atoms with Crippen molar-refractivity contribution in [3.05, 3.63) is 59.8 Å². The Morgan fingerprint density at radius 1 is 1.18 bits per heavy atom. The number of hydrogen-bond donors (Lipinski definition) is 6. The van der Waals surface area contributed by atoms with E-state index in [1.165, 1.54) is 12.0 Å². The SMILES string of the molecule is CCOC(=O)C(CNC(=O)NC1CCN(c2ccc(C(=N)N)cc2)C1=O)NC(=O)c1[nH]c2ccccc2c1OC. The van der Waals surface area contributed by atoms with Crippen molar-refractivity contribution in [2.75, 3.05) is 31.7 Å². The summed E-state index contributed by atoms with van der Waals surface area (Å²) < 4.78 is 10.5. The second kappa shape index (κ2) is 12.2. The Morgan fingerprint density at radius 2 is 1.90 bits per heavy atom. The molecule has 1 saturated heterocycles. The summed E-state index contributed by atoms with van der Waals surface area (Å²) in [5.41, 5.74) is 7.44. The molecule has 13 heteroatoms. The van der Waals surface area contributed by atoms with Crippen molar-refractivity contribution in [1.82, 2.24) is 20.9 Å². The van der Waals surface area contributed by atoms with E-state index in [-0.39, 0.29) is 30.6 Å². The number of esters is 1. The first-order valence-electron chi connectivity index (χ1n) is 12.7. The number of nitrogens with two attached hydrogens (primary N) is 1. The van der Waals surface area contributed by atoms with Gasteiger partial charge in [0, 0.05) is 28.7 Å². The minimum absolute atomic E-state index is 0.0757. The van der Waals surface area contributed by atoms with Crippen LogP contribution >= 0.6 is 0 Å². The molecule has 0 aliphatic carbocycles. The van der Waals surface area contributed by atoms with E-state index in [9.17, 15) is 19.2 Å². The lowest BCUT2D eigenvalue weighted by atomic mass is 10.2. The summed E-state index contributed by atoms with van der Waals surface area (Å²) in [5, 5.41) is 15.9. The van der Waals surface area contributed by atoms with Crippen LogP contribution < -0.4 is 31.3 Å². The minimum Gasteiger partial charge on any atom is -0.494 e. The standard InChI is InChI=1S/C27H31N7O6/c1-3-40-26(37)20(32-24(35)21-22(39-2)17-6-4-5-7-18(17)31-21)14-30-27(38)33-19-12-13-34(25(19)36)16-10-8-15(9-11-16)23(28)29/h4-11,19-20,31H,3,12-14H2,1-2H3,(H3,28,29)(H,32,35)(H2,30,33,38). The van der Waals surface area contributed by atoms with Crippen molar-refractivity contribution in [1.29, 1.82) is 5.41 Å². The number of carbonyl (C=O) groups excluding carboxylic acids is 4. The van der Waals surface area contributed by atoms with E-state index >= 15 is 0 Å². The minimum atomic E-state index is -1.20. The molecule has 0 radical (unpaired) electrons. The molecule has 0 bridgehead atoms. The second-order valence-electron chi connectivity index (χ2n) is 9.00. The highest BCUT2D eigenvalue weighted by Crippen LogP contribution is 2.29. The van der Waals surface area contributed by atoms with Gasteiger partial charge in [0.25, 0.3) is 5.91 Å². The number of amides is 4. The van der Waals surface area contributed by atoms with Crippen molar-refractivity contribution in [2.24, 2.45) is 5.73 Å². The molecule has 210 valence electrons. The van der Waals surface area contributed by atoms with Crippen LogP contribution in [-0.4, -0.2) is 73.5 Å². The number of anilines is 1. The quantitative estimate of drug-likeness (QED) is 0.124. The molecule has 1 fully saturated rings. The van der Waals surface area contributed by atoms with Crippen molar-refractivity contribution in [3.63, 3.8) is 0 Å². The van der Waals surface area contributed by atoms with Gasteiger partial charge in [0.2, 0.25) is 5.91 Å². The molecular weight excluding hydrogens is 518 g/mol. The average molecular weight is 550 g/mol. The van der Waals surface area contributed by atoms with Crippen LogP contribution in [0.2, 0.25) is 0 Å². The molecule has 4 rings (SSSR count). The highest BCUT2D eigenvalue weighted by molar-refractivity contribution is 6.05. The first-order valence-corrected chi connectivity index (χ1v) is 12.7. The normalized spacial score (nSPS) is 15.4. The molecule has 7 N–H and O–H groups in total. The number of ether oxygens (including phenoxy) is 2. The third kappa shape index (κ3) is 5.98. The maximum absolute atomic E-state index is 13.1. The largest absolute Gasteiger partial charge is 0.494 e. The van der Waals surface area contributed by atoms with Crippen LogP contribution in [0.25, 0.3) is 10.9 Å². The summed E-state index contributed by atoms with van der Waals surface area (Å²) in [6.45, 7) is 1.81. The molecule has 4 amide bonds. The summed E-state index contributed by atoms with van der Waals surface area (Å²) in [6, 6.07) is 11.2. The number of aromatic nitrogens is 1. The van der Waals surface area contributed by atoms with E-state index in [0.29, 0.717) is 40.9 Å². The highest BCUT2D eigenvalue weighted by Gasteiger charge is 2.34. The number of amidine groups is 1. The number of hydrogen-bond acceptors (Lipinski definition) is 7. The number of benzene rings is 2. The van der Waals surface area contributed by atoms with Gasteiger partial charge in [-0.25, -0.2) is 9.59 Å². The van der Waals surface area contributed by atoms with E-state index in [4.69, 9.17) is 20.6 Å². The second-order valence-corrected chi connectivity index (χ2v) is 9.00. The van der Waals surface area contributed by atoms with Crippen molar-refractivity contribution in [3.8, 4) is 5.75 Å². The van der Waals surface area contributed by atoms with Crippen molar-refractivity contribution in [2.45, 2.75) is 25.4 Å². The summed E-state index contributed by atoms with van der Waals surface area (Å²) in [4.78, 5) is 55.7. The molecule has 0 saturated carbocycles. The summed E-state index contributed by atoms with van der Waals surface area (Å²) in [6.07, 6.45) is 0.374. The molecular formula is C27H31N7O6. The smallest absolute Gasteiger partial charge is 0.330 e. The molecule has 1 aliphatic rings. The van der Waals surface area contributed by atoms with Gasteiger partial charge in [0.1, 0.15) is 23.6 Å². The summed E-state index contributed by atoms with van der Waals surface area (Å²) in [5.74, 6) is -1.41. The average Bonchev–Trinajstić information content (AvgIpc) is 3.51. The van der Waals surface area contributed by atoms with Crippen molar-refractivity contribution < 1.29 is 28.7 Å². The molecule has 0 spiro atoms. The van der Waals surface area contributed by atoms with E-state index < -0.39 is 30.0 Å². The van der Waals surface area contributed by atoms with Gasteiger partial charge in [-0.2, -0.15) is 0 Å². The summed E-state index contributed by atoms with van der Waals surface area (Å²) in [7, 11) is 1.44. The lowest BCUT2D eigenvalue weighted by Crippen LogP contribution is -2.53. The van der Waals surface area contributed by atoms with Gasteiger partial charge in [-0.3, -0.25) is 15.0 Å². The van der Waals surface area contributed by atoms with Gasteiger partial charge in [0.15, 0.2) is 5.75 Å². The van der Waals surface area contributed by atoms with Crippen molar-refractivity contribution >= 4 is 46.2 Å². The molecule has 2 heterocycles. The molecule has 1 aromatic heterocycles. The lowest BCUT2D eigenvalue weighted by molar-refractivity contribution is -0.145. The Labute approximate surface area is 229 Å². The van der Waals surface area contributed by atoms with Crippen LogP contribution in [0.3, 0.4) is 0 Å². The zero-order valence-corrected chi connectivity index (χ0v) is 22.1. The summed E-state index contributed by atoms with van der Waals surface area (Å²) >= 11 is 0. The lowest BCUT2D eigenvalue weighted by Gasteiger charge is -2.20. The number of carbonyl (C=O) groups is 4. The fourth-order valence-electron chi connectivity index (χ4n) is 4.45. The van der Waals surface area contributed by atoms with E-state index in [1.807, 2.05) is 12.1 Å². The van der Waals surface area contributed by atoms with Gasteiger partial charge in [-0.1, -0.05) is 12.1 Å². The zero-order chi connectivity index (χ0) is 28.8. The molecule has 2 unspecified atom stereocenters. The fourth-order valence-corrected chi connectivity index (χ4v) is 4.45. The predicted molar refractivity (Wildman–Crippen MR) is 147 cm³/mol. The van der Waals surface area contributed by atoms with Gasteiger partial charge in [-0.05, 0) is 49.7 Å². The molecule has 13 nitrogen and oxygen atoms in total. The number of nitrogen functional groups attached to an aromatic ring is 1. The van der Waals surface area contributed by atoms with Gasteiger partial charge < -0.3 is 41.0 Å². The Balaban J connectivity index is 1.37. The first kappa shape index (κ1) is 28.0. The van der Waals surface area contributed by atoms with E-state index in [2.05, 4.69) is 20.9 Å². The predicted octanol–water partition coefficient (Wildman–Crippen LogP) is 1.23. The number of rotatable bonds is 10. The van der Waals surface area contributed by atoms with Crippen LogP contribution in [0.5, 0.6) is 5.75 Å². The van der Waals surface area contributed by atoms with Crippen LogP contribution in [-0.2, 0) is 14.3 Å². The van der Waals surface area contributed by atoms with Crippen LogP contribution in [0.15, 0.2) is 48.5 Å². The number of methoxy groups -OCH3 is 1. The third-order valence-electron chi connectivity index (χ3n) is 6.43. The number of fused-ring (bicyclic) bond motifs is 1. The Kier molecular flexibility index (Phi) is 8.52. The molecule has 1 aliphatic heterocycles. The maximum atomic E-state index is 13.1. The third-order valence-corrected chi connectivity index (χ3v) is 6.43. The number of aromatic amines is 1. The topological polar surface area (TPSA) is 192 Å². The number of H-pyrrole nitrogens is 1. The maximum Gasteiger partial charge on any atom is 0.330 e. The van der Waals surface area contributed by atoms with Gasteiger partial charge in [0.05, 0.1) is 20.3 Å². The van der Waals surface area contributed by atoms with Crippen LogP contribution in [0.4, 0.5) is 10.5 Å². The molecule has 2 aromatic carbocycles. The van der Waals surface area contributed by atoms with E-state index in [0.717, 1.165) is 0 Å². The highest BCUT2D eigenvalue weighted by atomic mass is 16.5. The number of nitrogens with one attached hydrogen (secondary N) is 5. The van der Waals surface area contributed by atoms with E-state index in [1.54, 1.807) is 43.3 Å². The van der Waals surface area contributed by atoms with Gasteiger partial charge >= 0.3 is 12.0 Å². The molecule has 2 atom stereocenters. The number of urea groups is 1. The number of para-hydroxylation sites is 1. The van der Waals surface area contributed by atoms with Crippen LogP contribution in [0, 0.1) is 5.41 Å². The monoisotopic (exact) mass is 549 g/mol. The van der Waals surface area contributed by atoms with Gasteiger partial charge in [-0.15, -0.1) is 0 Å². The Morgan fingerprint density at radius 3 is 2.58 bits per heavy atom. The molecule has 40 heavy (non-hydrogen) atoms. The molecule has 3 aromatic rings. The Hall–Kier alpha value is -5.07. The number of nitrogens with zero attached hydrogens (tertiary/aromatic N) is 1. The first-order chi connectivity index (χ1) is 19.2.